The van der Waals surface area contributed by atoms with Crippen LogP contribution in [0.1, 0.15) is 52.9 Å². The SMILES string of the molecule is CCCCCCNC(=S)NC(C)CC. The smallest absolute Gasteiger partial charge is 0.166 e. The average Bonchev–Trinajstić information content (AvgIpc) is 2.17. The van der Waals surface area contributed by atoms with Crippen LogP contribution in [0, 0.1) is 0 Å². The molecule has 1 atom stereocenters. The molecule has 0 aromatic rings. The minimum atomic E-state index is 0.477. The number of thiocarbonyl (C=S) groups is 1. The molecular formula is C11H24N2S. The maximum atomic E-state index is 5.15. The van der Waals surface area contributed by atoms with Gasteiger partial charge in [-0.3, -0.25) is 0 Å². The van der Waals surface area contributed by atoms with Gasteiger partial charge in [-0.05, 0) is 32.0 Å². The molecule has 0 aliphatic rings. The molecule has 0 saturated carbocycles. The predicted octanol–water partition coefficient (Wildman–Crippen LogP) is 2.83. The molecule has 0 aromatic carbocycles. The summed E-state index contributed by atoms with van der Waals surface area (Å²) in [4.78, 5) is 0. The van der Waals surface area contributed by atoms with E-state index >= 15 is 0 Å². The Morgan fingerprint density at radius 1 is 1.21 bits per heavy atom. The first-order valence-corrected chi connectivity index (χ1v) is 6.15. The van der Waals surface area contributed by atoms with Crippen molar-refractivity contribution < 1.29 is 0 Å². The first-order valence-electron chi connectivity index (χ1n) is 5.75. The van der Waals surface area contributed by atoms with Crippen LogP contribution in [0.2, 0.25) is 0 Å². The molecule has 0 bridgehead atoms. The Morgan fingerprint density at radius 3 is 2.50 bits per heavy atom. The number of nitrogens with one attached hydrogen (secondary N) is 2. The highest BCUT2D eigenvalue weighted by atomic mass is 32.1. The molecule has 0 heterocycles. The van der Waals surface area contributed by atoms with Gasteiger partial charge in [0, 0.05) is 12.6 Å². The Labute approximate surface area is 93.8 Å². The molecule has 0 spiro atoms. The lowest BCUT2D eigenvalue weighted by molar-refractivity contribution is 0.616. The third-order valence-electron chi connectivity index (χ3n) is 2.31. The lowest BCUT2D eigenvalue weighted by atomic mass is 10.2. The zero-order valence-corrected chi connectivity index (χ0v) is 10.5. The highest BCUT2D eigenvalue weighted by Crippen LogP contribution is 1.97. The van der Waals surface area contributed by atoms with Crippen LogP contribution in [-0.4, -0.2) is 17.7 Å². The molecule has 2 nitrogen and oxygen atoms in total. The molecule has 1 unspecified atom stereocenters. The van der Waals surface area contributed by atoms with Gasteiger partial charge >= 0.3 is 0 Å². The molecular weight excluding hydrogens is 192 g/mol. The van der Waals surface area contributed by atoms with Crippen LogP contribution in [0.3, 0.4) is 0 Å². The van der Waals surface area contributed by atoms with Gasteiger partial charge in [0.15, 0.2) is 5.11 Å². The molecule has 0 aliphatic heterocycles. The van der Waals surface area contributed by atoms with Gasteiger partial charge in [0.2, 0.25) is 0 Å². The van der Waals surface area contributed by atoms with Gasteiger partial charge in [-0.1, -0.05) is 33.1 Å². The van der Waals surface area contributed by atoms with Crippen LogP contribution < -0.4 is 10.6 Å². The van der Waals surface area contributed by atoms with Crippen LogP contribution in [-0.2, 0) is 0 Å². The monoisotopic (exact) mass is 216 g/mol. The van der Waals surface area contributed by atoms with Crippen molar-refractivity contribution in [2.45, 2.75) is 58.9 Å². The molecule has 0 amide bonds. The van der Waals surface area contributed by atoms with Crippen molar-refractivity contribution in [3.05, 3.63) is 0 Å². The van der Waals surface area contributed by atoms with Gasteiger partial charge in [-0.15, -0.1) is 0 Å². The quantitative estimate of drug-likeness (QED) is 0.505. The van der Waals surface area contributed by atoms with Crippen LogP contribution in [0.25, 0.3) is 0 Å². The minimum absolute atomic E-state index is 0.477. The van der Waals surface area contributed by atoms with Gasteiger partial charge in [0.25, 0.3) is 0 Å². The number of hydrogen-bond donors (Lipinski definition) is 2. The topological polar surface area (TPSA) is 24.1 Å². The second-order valence-corrected chi connectivity index (χ2v) is 4.18. The fourth-order valence-electron chi connectivity index (χ4n) is 1.13. The van der Waals surface area contributed by atoms with E-state index in [1.807, 2.05) is 0 Å². The zero-order chi connectivity index (χ0) is 10.8. The minimum Gasteiger partial charge on any atom is -0.363 e. The maximum absolute atomic E-state index is 5.15. The Kier molecular flexibility index (Phi) is 9.05. The van der Waals surface area contributed by atoms with Crippen LogP contribution in [0.15, 0.2) is 0 Å². The lowest BCUT2D eigenvalue weighted by Gasteiger charge is -2.14. The Morgan fingerprint density at radius 2 is 1.93 bits per heavy atom. The van der Waals surface area contributed by atoms with Crippen molar-refractivity contribution in [1.82, 2.24) is 10.6 Å². The standard InChI is InChI=1S/C11H24N2S/c1-4-6-7-8-9-12-11(14)13-10(3)5-2/h10H,4-9H2,1-3H3,(H2,12,13,14). The molecule has 84 valence electrons. The zero-order valence-electron chi connectivity index (χ0n) is 9.73. The summed E-state index contributed by atoms with van der Waals surface area (Å²) >= 11 is 5.15. The first-order chi connectivity index (χ1) is 6.70. The second kappa shape index (κ2) is 9.25. The van der Waals surface area contributed by atoms with E-state index in [-0.39, 0.29) is 0 Å². The summed E-state index contributed by atoms with van der Waals surface area (Å²) in [6.07, 6.45) is 6.24. The molecule has 0 radical (unpaired) electrons. The van der Waals surface area contributed by atoms with Gasteiger partial charge in [-0.2, -0.15) is 0 Å². The summed E-state index contributed by atoms with van der Waals surface area (Å²) in [6, 6.07) is 0.477. The summed E-state index contributed by atoms with van der Waals surface area (Å²) < 4.78 is 0. The number of rotatable bonds is 7. The molecule has 0 rings (SSSR count). The number of hydrogen-bond acceptors (Lipinski definition) is 1. The molecule has 0 saturated heterocycles. The van der Waals surface area contributed by atoms with Crippen molar-refractivity contribution >= 4 is 17.3 Å². The van der Waals surface area contributed by atoms with E-state index in [0.717, 1.165) is 18.1 Å². The van der Waals surface area contributed by atoms with Crippen molar-refractivity contribution in [2.24, 2.45) is 0 Å². The second-order valence-electron chi connectivity index (χ2n) is 3.77. The van der Waals surface area contributed by atoms with E-state index in [4.69, 9.17) is 12.2 Å². The van der Waals surface area contributed by atoms with Gasteiger partial charge in [0.05, 0.1) is 0 Å². The fraction of sp³-hybridized carbons (Fsp3) is 0.909. The predicted molar refractivity (Wildman–Crippen MR) is 67.6 cm³/mol. The highest BCUT2D eigenvalue weighted by Gasteiger charge is 1.99. The van der Waals surface area contributed by atoms with E-state index in [0.29, 0.717) is 6.04 Å². The average molecular weight is 216 g/mol. The molecule has 2 N–H and O–H groups in total. The Balaban J connectivity index is 3.27. The van der Waals surface area contributed by atoms with E-state index in [2.05, 4.69) is 31.4 Å². The van der Waals surface area contributed by atoms with Crippen LogP contribution in [0.4, 0.5) is 0 Å². The molecule has 3 heteroatoms. The van der Waals surface area contributed by atoms with Gasteiger partial charge in [0.1, 0.15) is 0 Å². The lowest BCUT2D eigenvalue weighted by Crippen LogP contribution is -2.40. The van der Waals surface area contributed by atoms with E-state index in [9.17, 15) is 0 Å². The fourth-order valence-corrected chi connectivity index (χ4v) is 1.43. The molecule has 0 aromatic heterocycles. The largest absolute Gasteiger partial charge is 0.363 e. The highest BCUT2D eigenvalue weighted by molar-refractivity contribution is 7.80. The van der Waals surface area contributed by atoms with E-state index in [1.54, 1.807) is 0 Å². The van der Waals surface area contributed by atoms with Crippen LogP contribution in [0.5, 0.6) is 0 Å². The van der Waals surface area contributed by atoms with Gasteiger partial charge in [-0.25, -0.2) is 0 Å². The van der Waals surface area contributed by atoms with Crippen molar-refractivity contribution in [1.29, 1.82) is 0 Å². The van der Waals surface area contributed by atoms with E-state index in [1.165, 1.54) is 25.7 Å². The third kappa shape index (κ3) is 8.30. The first kappa shape index (κ1) is 13.7. The van der Waals surface area contributed by atoms with Crippen molar-refractivity contribution in [3.8, 4) is 0 Å². The normalized spacial score (nSPS) is 12.2. The molecule has 0 fully saturated rings. The Hall–Kier alpha value is -0.310. The number of unbranched alkanes of at least 4 members (excludes halogenated alkanes) is 3. The summed E-state index contributed by atoms with van der Waals surface area (Å²) in [5.41, 5.74) is 0. The summed E-state index contributed by atoms with van der Waals surface area (Å²) in [6.45, 7) is 7.53. The Bertz CT molecular complexity index is 148. The summed E-state index contributed by atoms with van der Waals surface area (Å²) in [5, 5.41) is 7.27. The molecule has 0 aliphatic carbocycles. The summed E-state index contributed by atoms with van der Waals surface area (Å²) in [5.74, 6) is 0. The molecule has 14 heavy (non-hydrogen) atoms. The van der Waals surface area contributed by atoms with Crippen LogP contribution >= 0.6 is 12.2 Å². The van der Waals surface area contributed by atoms with E-state index < -0.39 is 0 Å². The maximum Gasteiger partial charge on any atom is 0.166 e. The summed E-state index contributed by atoms with van der Waals surface area (Å²) in [7, 11) is 0. The third-order valence-corrected chi connectivity index (χ3v) is 2.57. The van der Waals surface area contributed by atoms with Crippen molar-refractivity contribution in [2.75, 3.05) is 6.54 Å². The van der Waals surface area contributed by atoms with Crippen molar-refractivity contribution in [3.63, 3.8) is 0 Å². The van der Waals surface area contributed by atoms with Gasteiger partial charge < -0.3 is 10.6 Å².